The number of likely N-dealkylation sites (tertiary alicyclic amines) is 1. The molecule has 1 unspecified atom stereocenters. The molecule has 2 rings (SSSR count). The summed E-state index contributed by atoms with van der Waals surface area (Å²) in [5.41, 5.74) is 0. The summed E-state index contributed by atoms with van der Waals surface area (Å²) in [5, 5.41) is 3.02. The van der Waals surface area contributed by atoms with Crippen molar-refractivity contribution in [3.05, 3.63) is 24.2 Å². The van der Waals surface area contributed by atoms with E-state index in [-0.39, 0.29) is 18.2 Å². The van der Waals surface area contributed by atoms with Crippen molar-refractivity contribution in [1.82, 2.24) is 10.2 Å². The van der Waals surface area contributed by atoms with Crippen molar-refractivity contribution in [2.75, 3.05) is 6.54 Å². The SMILES string of the molecule is CCN1C(=O)CC(NCc2ccco2)C1=O. The van der Waals surface area contributed by atoms with Gasteiger partial charge < -0.3 is 4.42 Å². The Labute approximate surface area is 93.4 Å². The summed E-state index contributed by atoms with van der Waals surface area (Å²) in [6.07, 6.45) is 1.82. The van der Waals surface area contributed by atoms with Crippen molar-refractivity contribution in [3.63, 3.8) is 0 Å². The molecule has 0 aromatic carbocycles. The summed E-state index contributed by atoms with van der Waals surface area (Å²) in [5.74, 6) is 0.513. The molecule has 1 aromatic rings. The molecule has 1 aliphatic rings. The van der Waals surface area contributed by atoms with Crippen LogP contribution in [0.5, 0.6) is 0 Å². The molecule has 5 heteroatoms. The van der Waals surface area contributed by atoms with Gasteiger partial charge in [-0.05, 0) is 19.1 Å². The van der Waals surface area contributed by atoms with Gasteiger partial charge in [-0.2, -0.15) is 0 Å². The van der Waals surface area contributed by atoms with Gasteiger partial charge in [0.1, 0.15) is 5.76 Å². The number of carbonyl (C=O) groups is 2. The van der Waals surface area contributed by atoms with Crippen molar-refractivity contribution < 1.29 is 14.0 Å². The Morgan fingerprint density at radius 1 is 1.56 bits per heavy atom. The fraction of sp³-hybridized carbons (Fsp3) is 0.455. The molecular formula is C11H14N2O3. The summed E-state index contributed by atoms with van der Waals surface area (Å²) in [7, 11) is 0. The number of rotatable bonds is 4. The van der Waals surface area contributed by atoms with Crippen LogP contribution in [0.1, 0.15) is 19.1 Å². The first kappa shape index (κ1) is 10.9. The Balaban J connectivity index is 1.92. The Bertz CT molecular complexity index is 386. The second-order valence-electron chi connectivity index (χ2n) is 3.69. The minimum absolute atomic E-state index is 0.107. The van der Waals surface area contributed by atoms with E-state index in [1.165, 1.54) is 4.90 Å². The molecule has 0 saturated carbocycles. The number of nitrogens with one attached hydrogen (secondary N) is 1. The molecule has 1 aliphatic heterocycles. The Morgan fingerprint density at radius 2 is 2.38 bits per heavy atom. The number of likely N-dealkylation sites (N-methyl/N-ethyl adjacent to an activating group) is 1. The molecule has 1 fully saturated rings. The molecule has 1 saturated heterocycles. The maximum Gasteiger partial charge on any atom is 0.246 e. The Hall–Kier alpha value is -1.62. The molecule has 2 amide bonds. The summed E-state index contributed by atoms with van der Waals surface area (Å²) in [6.45, 7) is 2.70. The highest BCUT2D eigenvalue weighted by Crippen LogP contribution is 2.13. The fourth-order valence-corrected chi connectivity index (χ4v) is 1.81. The molecule has 0 aliphatic carbocycles. The van der Waals surface area contributed by atoms with Crippen molar-refractivity contribution in [1.29, 1.82) is 0 Å². The van der Waals surface area contributed by atoms with E-state index in [2.05, 4.69) is 5.32 Å². The molecule has 86 valence electrons. The van der Waals surface area contributed by atoms with Gasteiger partial charge in [-0.1, -0.05) is 0 Å². The predicted octanol–water partition coefficient (Wildman–Crippen LogP) is 0.517. The van der Waals surface area contributed by atoms with Gasteiger partial charge in [-0.15, -0.1) is 0 Å². The molecule has 5 nitrogen and oxygen atoms in total. The lowest BCUT2D eigenvalue weighted by atomic mass is 10.2. The van der Waals surface area contributed by atoms with E-state index in [1.807, 2.05) is 6.07 Å². The molecule has 1 atom stereocenters. The molecular weight excluding hydrogens is 208 g/mol. The van der Waals surface area contributed by atoms with Gasteiger partial charge in [-0.3, -0.25) is 19.8 Å². The van der Waals surface area contributed by atoms with Gasteiger partial charge in [0, 0.05) is 6.54 Å². The van der Waals surface area contributed by atoms with Crippen molar-refractivity contribution in [3.8, 4) is 0 Å². The zero-order chi connectivity index (χ0) is 11.5. The standard InChI is InChI=1S/C11H14N2O3/c1-2-13-10(14)6-9(11(13)15)12-7-8-4-3-5-16-8/h3-5,9,12H,2,6-7H2,1H3. The lowest BCUT2D eigenvalue weighted by molar-refractivity contribution is -0.138. The van der Waals surface area contributed by atoms with Gasteiger partial charge in [0.25, 0.3) is 0 Å². The van der Waals surface area contributed by atoms with E-state index in [0.717, 1.165) is 5.76 Å². The average Bonchev–Trinajstić information content (AvgIpc) is 2.85. The lowest BCUT2D eigenvalue weighted by Crippen LogP contribution is -2.38. The highest BCUT2D eigenvalue weighted by atomic mass is 16.3. The van der Waals surface area contributed by atoms with Crippen LogP contribution in [-0.2, 0) is 16.1 Å². The quantitative estimate of drug-likeness (QED) is 0.754. The van der Waals surface area contributed by atoms with Crippen molar-refractivity contribution in [2.45, 2.75) is 25.9 Å². The van der Waals surface area contributed by atoms with Crippen LogP contribution in [0.2, 0.25) is 0 Å². The number of nitrogens with zero attached hydrogens (tertiary/aromatic N) is 1. The van der Waals surface area contributed by atoms with Crippen LogP contribution in [0.25, 0.3) is 0 Å². The number of furan rings is 1. The minimum atomic E-state index is -0.405. The summed E-state index contributed by atoms with van der Waals surface area (Å²) in [6, 6.07) is 3.21. The third-order valence-electron chi connectivity index (χ3n) is 2.66. The monoisotopic (exact) mass is 222 g/mol. The van der Waals surface area contributed by atoms with Crippen LogP contribution in [0, 0.1) is 0 Å². The van der Waals surface area contributed by atoms with Crippen LogP contribution in [0.15, 0.2) is 22.8 Å². The van der Waals surface area contributed by atoms with E-state index in [1.54, 1.807) is 19.3 Å². The van der Waals surface area contributed by atoms with Gasteiger partial charge in [-0.25, -0.2) is 0 Å². The van der Waals surface area contributed by atoms with Crippen LogP contribution >= 0.6 is 0 Å². The van der Waals surface area contributed by atoms with Gasteiger partial charge in [0.15, 0.2) is 0 Å². The normalized spacial score (nSPS) is 20.8. The second-order valence-corrected chi connectivity index (χ2v) is 3.69. The van der Waals surface area contributed by atoms with E-state index >= 15 is 0 Å². The van der Waals surface area contributed by atoms with Crippen molar-refractivity contribution >= 4 is 11.8 Å². The van der Waals surface area contributed by atoms with E-state index in [0.29, 0.717) is 13.1 Å². The third-order valence-corrected chi connectivity index (χ3v) is 2.66. The Morgan fingerprint density at radius 3 is 2.94 bits per heavy atom. The smallest absolute Gasteiger partial charge is 0.246 e. The van der Waals surface area contributed by atoms with E-state index in [4.69, 9.17) is 4.42 Å². The molecule has 2 heterocycles. The minimum Gasteiger partial charge on any atom is -0.468 e. The molecule has 0 bridgehead atoms. The summed E-state index contributed by atoms with van der Waals surface area (Å²) < 4.78 is 5.14. The highest BCUT2D eigenvalue weighted by molar-refractivity contribution is 6.05. The maximum absolute atomic E-state index is 11.7. The zero-order valence-electron chi connectivity index (χ0n) is 9.10. The van der Waals surface area contributed by atoms with Gasteiger partial charge in [0.05, 0.1) is 25.3 Å². The number of imide groups is 1. The van der Waals surface area contributed by atoms with Crippen LogP contribution < -0.4 is 5.32 Å². The first-order chi connectivity index (χ1) is 7.72. The first-order valence-corrected chi connectivity index (χ1v) is 5.32. The van der Waals surface area contributed by atoms with Gasteiger partial charge >= 0.3 is 0 Å². The Kier molecular flexibility index (Phi) is 3.05. The predicted molar refractivity (Wildman–Crippen MR) is 56.3 cm³/mol. The number of hydrogen-bond acceptors (Lipinski definition) is 4. The highest BCUT2D eigenvalue weighted by Gasteiger charge is 2.37. The fourth-order valence-electron chi connectivity index (χ4n) is 1.81. The maximum atomic E-state index is 11.7. The van der Waals surface area contributed by atoms with Crippen LogP contribution in [0.3, 0.4) is 0 Å². The van der Waals surface area contributed by atoms with Crippen LogP contribution in [-0.4, -0.2) is 29.3 Å². The number of amides is 2. The average molecular weight is 222 g/mol. The van der Waals surface area contributed by atoms with E-state index < -0.39 is 6.04 Å². The van der Waals surface area contributed by atoms with E-state index in [9.17, 15) is 9.59 Å². The molecule has 0 spiro atoms. The third kappa shape index (κ3) is 1.99. The summed E-state index contributed by atoms with van der Waals surface area (Å²) >= 11 is 0. The second kappa shape index (κ2) is 4.49. The number of carbonyl (C=O) groups excluding carboxylic acids is 2. The van der Waals surface area contributed by atoms with Crippen LogP contribution in [0.4, 0.5) is 0 Å². The summed E-state index contributed by atoms with van der Waals surface area (Å²) in [4.78, 5) is 24.4. The van der Waals surface area contributed by atoms with Crippen molar-refractivity contribution in [2.24, 2.45) is 0 Å². The molecule has 16 heavy (non-hydrogen) atoms. The lowest BCUT2D eigenvalue weighted by Gasteiger charge is -2.12. The molecule has 1 aromatic heterocycles. The van der Waals surface area contributed by atoms with Gasteiger partial charge in [0.2, 0.25) is 11.8 Å². The topological polar surface area (TPSA) is 62.6 Å². The first-order valence-electron chi connectivity index (χ1n) is 5.32. The molecule has 1 N–H and O–H groups in total. The zero-order valence-corrected chi connectivity index (χ0v) is 9.10. The largest absolute Gasteiger partial charge is 0.468 e. The molecule has 0 radical (unpaired) electrons. The number of hydrogen-bond donors (Lipinski definition) is 1.